The van der Waals surface area contributed by atoms with Crippen molar-refractivity contribution in [3.05, 3.63) is 291 Å². The number of rotatable bonds is 25. The highest BCUT2D eigenvalue weighted by Gasteiger charge is 2.57. The topological polar surface area (TPSA) is 311 Å². The largest absolute Gasteiger partial charge is 0.496 e. The summed E-state index contributed by atoms with van der Waals surface area (Å²) in [7, 11) is 6.63. The third kappa shape index (κ3) is 20.5. The molecule has 0 radical (unpaired) electrons. The van der Waals surface area contributed by atoms with Gasteiger partial charge in [0, 0.05) is 146 Å². The van der Waals surface area contributed by atoms with Crippen LogP contribution in [0, 0.1) is 53.1 Å². The standard InChI is InChI=1S/C37H37FN4O6.C36H36FN5O5.C33H33N5O4.2CH4/c1-23-34(36(44)42(41(23)2)26-7-5-4-6-8-26)35(43)40-25-9-10-31(28(38)17-25)48-30-12-15-39-29-19-33(32(45-3)18-27(29)30)47-21-24-11-13-37(20-24)14-16-46-22-37;1-23-33(35(44)42(40(23)2)26-7-5-4-6-8-26)34(43)39-25-9-10-31(28(37)18-25)47-30-11-14-38-29-17-24(32(45-3)19-27(29)30)20-41-15-12-36(21-41)13-16-46-22-36;39-30(36-24-4-2-1-3-5-24)33(11-12-33)31(40)37-29-9-7-25(19-35-29)42-28-10-15-34-27-18-23(6-8-26(27)28)20-38-16-13-32(21-38)14-17-41-22-32;;/h4-10,12,15,17-19,24H,11,13-14,16,20-22H2,1-3H3,(H,40,43);4-11,14,17-19H,12-13,15-16,20-22H2,1-3H3,(H,39,43);1-10,15,18-19H,11-14,16-17,20-22H2,(H,36,39)(H,35,37,40);2*1H4. The summed E-state index contributed by atoms with van der Waals surface area (Å²) in [5, 5.41) is 13.2. The van der Waals surface area contributed by atoms with E-state index in [1.54, 1.807) is 143 Å². The van der Waals surface area contributed by atoms with E-state index in [9.17, 15) is 28.8 Å². The Morgan fingerprint density at radius 3 is 1.45 bits per heavy atom. The Labute approximate surface area is 803 Å². The highest BCUT2D eigenvalue weighted by Crippen LogP contribution is 2.51. The molecule has 720 valence electrons. The smallest absolute Gasteiger partial charge is 0.284 e. The lowest BCUT2D eigenvalue weighted by Crippen LogP contribution is -2.35. The quantitative estimate of drug-likeness (QED) is 0.0386. The molecule has 0 bridgehead atoms. The zero-order valence-corrected chi connectivity index (χ0v) is 77.1. The van der Waals surface area contributed by atoms with Gasteiger partial charge >= 0.3 is 0 Å². The van der Waals surface area contributed by atoms with Crippen LogP contribution in [0.15, 0.2) is 235 Å². The van der Waals surface area contributed by atoms with Gasteiger partial charge in [0.2, 0.25) is 11.8 Å². The number of carbonyl (C=O) groups is 4. The highest BCUT2D eigenvalue weighted by atomic mass is 19.1. The van der Waals surface area contributed by atoms with Crippen LogP contribution in [0.2, 0.25) is 0 Å². The summed E-state index contributed by atoms with van der Waals surface area (Å²) in [6, 6.07) is 57.9. The maximum absolute atomic E-state index is 15.4. The predicted octanol–water partition coefficient (Wildman–Crippen LogP) is 19.3. The summed E-state index contributed by atoms with van der Waals surface area (Å²) in [6.07, 6.45) is 16.7. The molecule has 4 atom stereocenters. The zero-order chi connectivity index (χ0) is 94.7. The summed E-state index contributed by atoms with van der Waals surface area (Å²) < 4.78 is 89.8. The van der Waals surface area contributed by atoms with Crippen molar-refractivity contribution >= 4 is 79.2 Å². The number of halogens is 2. The molecule has 4 amide bonds. The maximum Gasteiger partial charge on any atom is 0.284 e. The number of hydrogen-bond acceptors (Lipinski definition) is 21. The van der Waals surface area contributed by atoms with Crippen LogP contribution in [0.25, 0.3) is 44.1 Å². The summed E-state index contributed by atoms with van der Waals surface area (Å²) in [6.45, 7) is 14.9. The minimum Gasteiger partial charge on any atom is -0.496 e. The fraction of sp³-hybridized carbons (Fsp3) is 0.333. The van der Waals surface area contributed by atoms with Crippen molar-refractivity contribution in [2.45, 2.75) is 106 Å². The van der Waals surface area contributed by atoms with E-state index in [4.69, 9.17) is 42.6 Å². The van der Waals surface area contributed by atoms with Crippen LogP contribution >= 0.6 is 0 Å². The number of aromatic nitrogens is 8. The minimum atomic E-state index is -1.07. The number of pyridine rings is 4. The Hall–Kier alpha value is -14.5. The lowest BCUT2D eigenvalue weighted by Gasteiger charge is -2.23. The second-order valence-electron chi connectivity index (χ2n) is 36.8. The molecule has 4 N–H and O–H groups in total. The number of amides is 4. The molecule has 5 saturated heterocycles. The number of ether oxygens (including phenoxy) is 9. The van der Waals surface area contributed by atoms with Gasteiger partial charge in [-0.25, -0.2) is 23.1 Å². The van der Waals surface area contributed by atoms with Gasteiger partial charge in [-0.2, -0.15) is 0 Å². The molecule has 5 aliphatic heterocycles. The highest BCUT2D eigenvalue weighted by molar-refractivity contribution is 6.17. The van der Waals surface area contributed by atoms with Crippen LogP contribution in [0.4, 0.5) is 31.7 Å². The average molecular weight is 1890 g/mol. The van der Waals surface area contributed by atoms with Crippen LogP contribution in [-0.4, -0.2) is 159 Å². The maximum atomic E-state index is 15.4. The lowest BCUT2D eigenvalue weighted by molar-refractivity contribution is -0.131. The monoisotopic (exact) mass is 1880 g/mol. The molecule has 11 heterocycles. The predicted molar refractivity (Wildman–Crippen MR) is 528 cm³/mol. The van der Waals surface area contributed by atoms with Crippen molar-refractivity contribution in [2.24, 2.45) is 41.7 Å². The van der Waals surface area contributed by atoms with Crippen molar-refractivity contribution in [1.29, 1.82) is 0 Å². The molecule has 139 heavy (non-hydrogen) atoms. The number of anilines is 4. The fourth-order valence-electron chi connectivity index (χ4n) is 19.8. The molecule has 14 aromatic rings. The molecule has 4 unspecified atom stereocenters. The van der Waals surface area contributed by atoms with Crippen molar-refractivity contribution in [2.75, 3.05) is 108 Å². The molecule has 7 aliphatic rings. The average Bonchev–Trinajstić information content (AvgIpc) is 1.63. The number of hydrogen-bond donors (Lipinski definition) is 4. The third-order valence-corrected chi connectivity index (χ3v) is 27.8. The summed E-state index contributed by atoms with van der Waals surface area (Å²) in [4.78, 5) is 102. The molecule has 21 rings (SSSR count). The Morgan fingerprint density at radius 2 is 0.950 bits per heavy atom. The molecule has 2 saturated carbocycles. The van der Waals surface area contributed by atoms with Crippen molar-refractivity contribution in [3.8, 4) is 63.1 Å². The van der Waals surface area contributed by atoms with Gasteiger partial charge in [-0.15, -0.1) is 0 Å². The van der Waals surface area contributed by atoms with E-state index >= 15 is 8.78 Å². The number of likely N-dealkylation sites (tertiary alicyclic amines) is 2. The van der Waals surface area contributed by atoms with E-state index in [0.717, 1.165) is 134 Å². The number of nitrogens with zero attached hydrogens (tertiary/aromatic N) is 10. The van der Waals surface area contributed by atoms with E-state index in [2.05, 4.69) is 69.2 Å². The number of para-hydroxylation sites is 3. The van der Waals surface area contributed by atoms with Gasteiger partial charge in [0.25, 0.3) is 22.9 Å². The molecule has 31 heteroatoms. The first-order chi connectivity index (χ1) is 66.5. The Balaban J connectivity index is 0.000000143. The van der Waals surface area contributed by atoms with Crippen molar-refractivity contribution in [3.63, 3.8) is 0 Å². The van der Waals surface area contributed by atoms with Gasteiger partial charge in [-0.05, 0) is 229 Å². The number of methoxy groups -OCH3 is 2. The molecule has 7 fully saturated rings. The molecule has 2 aliphatic carbocycles. The molecule has 3 spiro atoms. The summed E-state index contributed by atoms with van der Waals surface area (Å²) in [5.41, 5.74) is 6.55. The minimum absolute atomic E-state index is 0. The molecular formula is C108H114F2N14O15. The Kier molecular flexibility index (Phi) is 28.4. The second-order valence-corrected chi connectivity index (χ2v) is 36.8. The van der Waals surface area contributed by atoms with Gasteiger partial charge in [-0.1, -0.05) is 75.5 Å². The lowest BCUT2D eigenvalue weighted by atomic mass is 9.85. The fourth-order valence-corrected chi connectivity index (χ4v) is 19.8. The first kappa shape index (κ1) is 96.2. The Morgan fingerprint density at radius 1 is 0.453 bits per heavy atom. The molecular weight excluding hydrogens is 1770 g/mol. The number of nitrogens with one attached hydrogen (secondary N) is 4. The number of fused-ring (bicyclic) bond motifs is 3. The SMILES string of the molecule is C.C.COc1cc2c(Oc3ccc(NC(=O)c4c(C)n(C)n(-c5ccccc5)c4=O)cc3F)ccnc2cc1CN1CCC2(CCOC2)C1.COc1cc2c(Oc3ccc(NC(=O)c4c(C)n(C)n(-c5ccccc5)c4=O)cc3F)ccnc2cc1OCC1CCC2(CCOC2)C1.O=C(Nc1ccccc1)C1(C(=O)Nc2ccc(Oc3ccnc4cc(CN5CCC6(CCOC6)C5)ccc34)cn2)CC1. The van der Waals surface area contributed by atoms with E-state index in [0.29, 0.717) is 133 Å². The van der Waals surface area contributed by atoms with Gasteiger partial charge in [0.1, 0.15) is 51.1 Å². The summed E-state index contributed by atoms with van der Waals surface area (Å²) in [5.74, 6) is 1.29. The normalized spacial score (nSPS) is 18.9. The Bertz CT molecular complexity index is 7020. The van der Waals surface area contributed by atoms with Crippen LogP contribution in [0.1, 0.15) is 122 Å². The van der Waals surface area contributed by atoms with Crippen LogP contribution in [0.3, 0.4) is 0 Å². The summed E-state index contributed by atoms with van der Waals surface area (Å²) >= 11 is 0. The van der Waals surface area contributed by atoms with Crippen LogP contribution < -0.4 is 60.8 Å². The van der Waals surface area contributed by atoms with Gasteiger partial charge in [0.05, 0.1) is 86.2 Å². The van der Waals surface area contributed by atoms with Gasteiger partial charge in [0.15, 0.2) is 34.6 Å². The molecule has 29 nitrogen and oxygen atoms in total. The van der Waals surface area contributed by atoms with Gasteiger partial charge < -0.3 is 63.9 Å². The van der Waals surface area contributed by atoms with Crippen molar-refractivity contribution < 1.29 is 70.6 Å². The van der Waals surface area contributed by atoms with Gasteiger partial charge in [-0.3, -0.25) is 62.9 Å². The molecule has 8 aromatic carbocycles. The van der Waals surface area contributed by atoms with Crippen LogP contribution in [0.5, 0.6) is 51.7 Å². The van der Waals surface area contributed by atoms with E-state index in [1.165, 1.54) is 64.5 Å². The van der Waals surface area contributed by atoms with Crippen molar-refractivity contribution in [1.82, 2.24) is 48.5 Å². The number of benzene rings is 8. The van der Waals surface area contributed by atoms with E-state index < -0.39 is 40.0 Å². The second kappa shape index (κ2) is 41.0. The van der Waals surface area contributed by atoms with E-state index in [1.807, 2.05) is 78.9 Å². The van der Waals surface area contributed by atoms with Crippen LogP contribution in [-0.2, 0) is 51.0 Å². The third-order valence-electron chi connectivity index (χ3n) is 27.8. The first-order valence-corrected chi connectivity index (χ1v) is 46.2. The molecule has 6 aromatic heterocycles. The zero-order valence-electron chi connectivity index (χ0n) is 77.1. The number of carbonyl (C=O) groups excluding carboxylic acids is 4. The first-order valence-electron chi connectivity index (χ1n) is 46.2. The van der Waals surface area contributed by atoms with E-state index in [-0.39, 0.29) is 66.1 Å².